The van der Waals surface area contributed by atoms with Crippen LogP contribution in [0.3, 0.4) is 0 Å². The van der Waals surface area contributed by atoms with Gasteiger partial charge >= 0.3 is 11.9 Å². The number of carbonyl (C=O) groups is 5. The number of piperazine rings is 1. The molecule has 0 radical (unpaired) electrons. The number of amides is 1. The standard InChI is InChI=1S/C22H29FO5.C17H18FN3O3.C5H9NO3S/c1-12-8-16-15-5-4-13-9-14(25)6-7-19(13,2)21(15,23)17(26)10-20(16,3)22(12,28)18(27)11-24;18-13-7-11-14(8-15(13)20-5-3-19-4-6-20)21(10-1-2-10)9-12(16(11)22)17(23)24;1-3(7)6-4(2-10)5(8)9/h6-7,9,12,15-17,24,26,28H,4-5,8,10-11H2,1-3H3;7-10,19H,1-6H2,(H,23,24);4,10H,2H2,1H3,(H,6,7)(H,8,9)/t12-,15+,16+,17+,19+,20+,21+,22+;;4-/m1.0/s1. The molecule has 0 bridgehead atoms. The second-order valence-electron chi connectivity index (χ2n) is 17.9. The fourth-order valence-corrected chi connectivity index (χ4v) is 11.3. The SMILES string of the molecule is CC(=O)N[C@@H](CS)C(=O)O.C[C@@H]1C[C@H]2[C@@H]3CCC4=CC(=O)C=C[C@]4(C)[C@@]3(F)[C@@H](O)C[C@]2(C)[C@@]1(O)C(=O)CO.O=C(O)c1cn(C2CC2)c2cc(N3CCNCC3)c(F)cc2c1=O. The van der Waals surface area contributed by atoms with Crippen molar-refractivity contribution in [3.63, 3.8) is 0 Å². The van der Waals surface area contributed by atoms with Crippen LogP contribution in [0.15, 0.2) is 46.9 Å². The fourth-order valence-electron chi connectivity index (χ4n) is 11.0. The van der Waals surface area contributed by atoms with E-state index in [9.17, 15) is 53.6 Å². The second-order valence-corrected chi connectivity index (χ2v) is 18.3. The number of benzene rings is 1. The molecule has 18 heteroatoms. The van der Waals surface area contributed by atoms with Crippen molar-refractivity contribution in [1.82, 2.24) is 15.2 Å². The Kier molecular flexibility index (Phi) is 13.3. The number of aromatic nitrogens is 1. The van der Waals surface area contributed by atoms with Crippen LogP contribution < -0.4 is 21.0 Å². The van der Waals surface area contributed by atoms with E-state index in [0.717, 1.165) is 25.9 Å². The summed E-state index contributed by atoms with van der Waals surface area (Å²) >= 11 is 3.73. The molecule has 7 N–H and O–H groups in total. The number of aromatic carboxylic acids is 1. The number of fused-ring (bicyclic) bond motifs is 6. The summed E-state index contributed by atoms with van der Waals surface area (Å²) in [6.45, 7) is 8.70. The molecular formula is C44H56F2N4O11S. The van der Waals surface area contributed by atoms with Crippen molar-refractivity contribution >= 4 is 58.6 Å². The summed E-state index contributed by atoms with van der Waals surface area (Å²) in [7, 11) is 0. The summed E-state index contributed by atoms with van der Waals surface area (Å²) in [5.74, 6) is -5.19. The first-order chi connectivity index (χ1) is 29.1. The number of nitrogens with zero attached hydrogens (tertiary/aromatic N) is 2. The molecule has 15 nitrogen and oxygen atoms in total. The number of rotatable bonds is 8. The molecule has 338 valence electrons. The van der Waals surface area contributed by atoms with Crippen LogP contribution in [0.2, 0.25) is 0 Å². The number of carboxylic acids is 2. The van der Waals surface area contributed by atoms with Crippen molar-refractivity contribution < 1.29 is 58.3 Å². The summed E-state index contributed by atoms with van der Waals surface area (Å²) in [4.78, 5) is 70.6. The number of aliphatic hydroxyl groups excluding tert-OH is 2. The van der Waals surface area contributed by atoms with Crippen LogP contribution in [0.25, 0.3) is 10.9 Å². The average molecular weight is 887 g/mol. The smallest absolute Gasteiger partial charge is 0.341 e. The van der Waals surface area contributed by atoms with E-state index in [0.29, 0.717) is 49.1 Å². The lowest BCUT2D eigenvalue weighted by molar-refractivity contribution is -0.219. The number of Topliss-reactive ketones (excluding diaryl/α,β-unsaturated/α-hetero) is 1. The Labute approximate surface area is 362 Å². The maximum Gasteiger partial charge on any atom is 0.341 e. The predicted molar refractivity (Wildman–Crippen MR) is 228 cm³/mol. The number of aliphatic hydroxyl groups is 3. The molecular weight excluding hydrogens is 831 g/mol. The lowest BCUT2D eigenvalue weighted by atomic mass is 9.44. The zero-order chi connectivity index (χ0) is 45.7. The number of carbonyl (C=O) groups excluding carboxylic acids is 3. The topological polar surface area (TPSA) is 236 Å². The van der Waals surface area contributed by atoms with Gasteiger partial charge in [0.25, 0.3) is 0 Å². The van der Waals surface area contributed by atoms with Crippen LogP contribution in [0.1, 0.15) is 82.6 Å². The molecule has 0 unspecified atom stereocenters. The van der Waals surface area contributed by atoms with Gasteiger partial charge in [-0.15, -0.1) is 0 Å². The highest BCUT2D eigenvalue weighted by Gasteiger charge is 2.75. The quantitative estimate of drug-likeness (QED) is 0.178. The minimum absolute atomic E-state index is 0.0676. The number of hydrogen-bond acceptors (Lipinski definition) is 12. The number of anilines is 1. The second kappa shape index (κ2) is 17.6. The maximum atomic E-state index is 16.9. The summed E-state index contributed by atoms with van der Waals surface area (Å²) in [5.41, 5.74) is -5.01. The maximum absolute atomic E-state index is 16.9. The van der Waals surface area contributed by atoms with Crippen LogP contribution >= 0.6 is 12.6 Å². The Morgan fingerprint density at radius 2 is 1.73 bits per heavy atom. The number of hydrogen-bond donors (Lipinski definition) is 8. The van der Waals surface area contributed by atoms with Gasteiger partial charge in [0.15, 0.2) is 17.2 Å². The van der Waals surface area contributed by atoms with Gasteiger partial charge < -0.3 is 45.6 Å². The van der Waals surface area contributed by atoms with Crippen molar-refractivity contribution in [3.8, 4) is 0 Å². The normalized spacial score (nSPS) is 32.7. The highest BCUT2D eigenvalue weighted by Crippen LogP contribution is 2.70. The molecule has 1 aliphatic heterocycles. The number of alkyl halides is 1. The summed E-state index contributed by atoms with van der Waals surface area (Å²) in [6, 6.07) is 2.20. The number of allylic oxidation sites excluding steroid dienone is 4. The summed E-state index contributed by atoms with van der Waals surface area (Å²) in [6.07, 6.45) is 7.73. The molecule has 5 fully saturated rings. The molecule has 1 aromatic carbocycles. The molecule has 0 spiro atoms. The first-order valence-electron chi connectivity index (χ1n) is 21.0. The third-order valence-electron chi connectivity index (χ3n) is 14.4. The van der Waals surface area contributed by atoms with Crippen molar-refractivity contribution in [2.45, 2.75) is 95.7 Å². The molecule has 4 saturated carbocycles. The molecule has 62 heavy (non-hydrogen) atoms. The van der Waals surface area contributed by atoms with E-state index in [4.69, 9.17) is 5.11 Å². The van der Waals surface area contributed by atoms with E-state index in [1.54, 1.807) is 32.9 Å². The Hall–Kier alpha value is -4.49. The van der Waals surface area contributed by atoms with Crippen molar-refractivity contribution in [1.29, 1.82) is 0 Å². The van der Waals surface area contributed by atoms with Gasteiger partial charge in [0.1, 0.15) is 29.6 Å². The van der Waals surface area contributed by atoms with E-state index in [-0.39, 0.29) is 46.8 Å². The Bertz CT molecular complexity index is 2280. The lowest BCUT2D eigenvalue weighted by Gasteiger charge is -2.62. The van der Waals surface area contributed by atoms with E-state index < -0.39 is 81.7 Å². The Balaban J connectivity index is 0.000000172. The van der Waals surface area contributed by atoms with E-state index in [1.807, 2.05) is 9.47 Å². The molecule has 1 aromatic heterocycles. The van der Waals surface area contributed by atoms with Crippen LogP contribution in [-0.4, -0.2) is 121 Å². The van der Waals surface area contributed by atoms with Crippen LogP contribution in [-0.2, 0) is 19.2 Å². The first kappa shape index (κ1) is 47.0. The highest BCUT2D eigenvalue weighted by atomic mass is 32.1. The number of carboxylic acid groups (broad SMARTS) is 2. The zero-order valence-corrected chi connectivity index (χ0v) is 36.1. The van der Waals surface area contributed by atoms with Gasteiger partial charge in [-0.25, -0.2) is 18.4 Å². The molecule has 6 aliphatic rings. The van der Waals surface area contributed by atoms with Gasteiger partial charge in [0, 0.05) is 73.2 Å². The van der Waals surface area contributed by atoms with Gasteiger partial charge in [-0.1, -0.05) is 25.5 Å². The van der Waals surface area contributed by atoms with E-state index in [1.165, 1.54) is 31.3 Å². The monoisotopic (exact) mass is 886 g/mol. The van der Waals surface area contributed by atoms with Crippen LogP contribution in [0.5, 0.6) is 0 Å². The van der Waals surface area contributed by atoms with E-state index in [2.05, 4.69) is 23.3 Å². The van der Waals surface area contributed by atoms with E-state index >= 15 is 4.39 Å². The fraction of sp³-hybridized carbons (Fsp3) is 0.591. The molecule has 5 aliphatic carbocycles. The molecule has 1 amide bonds. The zero-order valence-electron chi connectivity index (χ0n) is 35.2. The molecule has 9 atom stereocenters. The largest absolute Gasteiger partial charge is 0.480 e. The minimum atomic E-state index is -1.98. The Morgan fingerprint density at radius 1 is 1.06 bits per heavy atom. The third kappa shape index (κ3) is 7.90. The predicted octanol–water partition coefficient (Wildman–Crippen LogP) is 2.98. The number of halogens is 2. The summed E-state index contributed by atoms with van der Waals surface area (Å²) in [5, 5.41) is 55.2. The van der Waals surface area contributed by atoms with Gasteiger partial charge in [-0.05, 0) is 81.6 Å². The average Bonchev–Trinajstić information content (AvgIpc) is 4.05. The van der Waals surface area contributed by atoms with Gasteiger partial charge in [-0.2, -0.15) is 12.6 Å². The number of thiol groups is 1. The third-order valence-corrected chi connectivity index (χ3v) is 14.7. The number of aliphatic carboxylic acids is 1. The number of nitrogens with one attached hydrogen (secondary N) is 2. The lowest BCUT2D eigenvalue weighted by Crippen LogP contribution is -2.69. The highest BCUT2D eigenvalue weighted by molar-refractivity contribution is 7.80. The van der Waals surface area contributed by atoms with Crippen molar-refractivity contribution in [3.05, 3.63) is 63.7 Å². The first-order valence-corrected chi connectivity index (χ1v) is 21.6. The van der Waals surface area contributed by atoms with Gasteiger partial charge in [0.2, 0.25) is 11.3 Å². The molecule has 8 rings (SSSR count). The van der Waals surface area contributed by atoms with Gasteiger partial charge in [0.05, 0.1) is 17.3 Å². The van der Waals surface area contributed by atoms with Crippen molar-refractivity contribution in [2.75, 3.05) is 43.4 Å². The molecule has 1 saturated heterocycles. The number of pyridine rings is 1. The molecule has 2 heterocycles. The van der Waals surface area contributed by atoms with Crippen LogP contribution in [0, 0.1) is 34.4 Å². The minimum Gasteiger partial charge on any atom is -0.480 e. The van der Waals surface area contributed by atoms with Crippen LogP contribution in [0.4, 0.5) is 14.5 Å². The Morgan fingerprint density at radius 3 is 2.27 bits per heavy atom. The summed E-state index contributed by atoms with van der Waals surface area (Å²) < 4.78 is 33.3. The van der Waals surface area contributed by atoms with Crippen molar-refractivity contribution in [2.24, 2.45) is 28.6 Å². The molecule has 2 aromatic rings. The van der Waals surface area contributed by atoms with Gasteiger partial charge in [-0.3, -0.25) is 19.2 Å². The number of ketones is 2.